The third-order valence-electron chi connectivity index (χ3n) is 6.26. The number of anilines is 1. The zero-order chi connectivity index (χ0) is 27.8. The van der Waals surface area contributed by atoms with Gasteiger partial charge in [-0.2, -0.15) is 5.26 Å². The second-order valence-corrected chi connectivity index (χ2v) is 9.64. The van der Waals surface area contributed by atoms with Crippen molar-refractivity contribution < 1.29 is 28.6 Å². The van der Waals surface area contributed by atoms with Crippen molar-refractivity contribution in [1.82, 2.24) is 0 Å². The highest BCUT2D eigenvalue weighted by Gasteiger charge is 2.45. The number of aliphatic hydroxyl groups is 1. The van der Waals surface area contributed by atoms with E-state index in [2.05, 4.69) is 0 Å². The van der Waals surface area contributed by atoms with Crippen LogP contribution < -0.4 is 14.4 Å². The van der Waals surface area contributed by atoms with Crippen LogP contribution in [0.1, 0.15) is 41.6 Å². The number of rotatable bonds is 7. The number of halogens is 1. The number of carbonyl (C=O) groups excluding carboxylic acids is 2. The lowest BCUT2D eigenvalue weighted by Gasteiger charge is -2.27. The van der Waals surface area contributed by atoms with Crippen molar-refractivity contribution in [3.8, 4) is 17.6 Å². The molecular formula is C30H23ClN2O6. The molecule has 0 bridgehead atoms. The first-order chi connectivity index (χ1) is 18.7. The van der Waals surface area contributed by atoms with E-state index in [9.17, 15) is 20.0 Å². The molecule has 1 aliphatic heterocycles. The lowest BCUT2D eigenvalue weighted by molar-refractivity contribution is -0.117. The highest BCUT2D eigenvalue weighted by atomic mass is 35.5. The van der Waals surface area contributed by atoms with Crippen molar-refractivity contribution in [3.63, 3.8) is 0 Å². The molecule has 1 aromatic heterocycles. The summed E-state index contributed by atoms with van der Waals surface area (Å²) in [5, 5.41) is 21.2. The minimum atomic E-state index is -1.01. The zero-order valence-electron chi connectivity index (χ0n) is 21.3. The number of methoxy groups -OCH3 is 1. The molecule has 0 fully saturated rings. The Labute approximate surface area is 229 Å². The molecule has 9 heteroatoms. The van der Waals surface area contributed by atoms with Crippen LogP contribution in [0.25, 0.3) is 11.0 Å². The highest BCUT2D eigenvalue weighted by molar-refractivity contribution is 6.31. The minimum absolute atomic E-state index is 0.0961. The topological polar surface area (TPSA) is 113 Å². The summed E-state index contributed by atoms with van der Waals surface area (Å²) in [4.78, 5) is 28.7. The molecule has 0 spiro atoms. The predicted octanol–water partition coefficient (Wildman–Crippen LogP) is 6.54. The van der Waals surface area contributed by atoms with Crippen LogP contribution in [0.15, 0.2) is 82.5 Å². The van der Waals surface area contributed by atoms with Gasteiger partial charge >= 0.3 is 0 Å². The third kappa shape index (κ3) is 4.69. The van der Waals surface area contributed by atoms with Crippen LogP contribution in [0.3, 0.4) is 0 Å². The van der Waals surface area contributed by atoms with E-state index < -0.39 is 23.5 Å². The molecule has 0 saturated heterocycles. The molecule has 8 nitrogen and oxygen atoms in total. The number of fused-ring (bicyclic) bond motifs is 1. The fourth-order valence-corrected chi connectivity index (χ4v) is 4.84. The number of hydrogen-bond donors (Lipinski definition) is 1. The summed E-state index contributed by atoms with van der Waals surface area (Å²) in [6, 6.07) is 19.0. The number of ketones is 1. The molecule has 2 heterocycles. The fraction of sp³-hybridized carbons (Fsp3) is 0.167. The van der Waals surface area contributed by atoms with Crippen LogP contribution >= 0.6 is 11.6 Å². The van der Waals surface area contributed by atoms with Crippen LogP contribution in [0.4, 0.5) is 5.69 Å². The van der Waals surface area contributed by atoms with Crippen LogP contribution in [0, 0.1) is 11.3 Å². The Kier molecular flexibility index (Phi) is 6.77. The molecule has 0 saturated carbocycles. The standard InChI is InChI=1S/C30H23ClN2O6/c1-16(2)38-22-6-4-5-18(12-22)26-25(28(35)30(36)33(26)21-9-7-17(15-32)8-10-21)27(34)23-13-19-11-20(31)14-24(37-3)29(19)39-23/h4-14,16,26,35H,1-3H3. The second kappa shape index (κ2) is 10.2. The van der Waals surface area contributed by atoms with Gasteiger partial charge in [-0.15, -0.1) is 0 Å². The number of nitriles is 1. The average molecular weight is 543 g/mol. The summed E-state index contributed by atoms with van der Waals surface area (Å²) < 4.78 is 17.1. The smallest absolute Gasteiger partial charge is 0.294 e. The number of nitrogens with zero attached hydrogens (tertiary/aromatic N) is 2. The van der Waals surface area contributed by atoms with E-state index in [1.165, 1.54) is 18.1 Å². The Morgan fingerprint density at radius 3 is 2.54 bits per heavy atom. The van der Waals surface area contributed by atoms with Crippen molar-refractivity contribution in [2.45, 2.75) is 26.0 Å². The first kappa shape index (κ1) is 25.9. The number of furan rings is 1. The fourth-order valence-electron chi connectivity index (χ4n) is 4.63. The number of Topliss-reactive ketones (excluding diaryl/α,β-unsaturated/α-hetero) is 1. The number of hydrogen-bond acceptors (Lipinski definition) is 7. The number of ether oxygens (including phenoxy) is 2. The highest BCUT2D eigenvalue weighted by Crippen LogP contribution is 2.43. The summed E-state index contributed by atoms with van der Waals surface area (Å²) in [6.45, 7) is 3.77. The molecule has 1 amide bonds. The van der Waals surface area contributed by atoms with E-state index in [0.717, 1.165) is 0 Å². The number of amides is 1. The quantitative estimate of drug-likeness (QED) is 0.264. The normalized spacial score (nSPS) is 15.2. The van der Waals surface area contributed by atoms with E-state index >= 15 is 0 Å². The van der Waals surface area contributed by atoms with Crippen LogP contribution in [0.2, 0.25) is 5.02 Å². The van der Waals surface area contributed by atoms with E-state index in [-0.39, 0.29) is 17.4 Å². The van der Waals surface area contributed by atoms with Gasteiger partial charge < -0.3 is 19.0 Å². The molecule has 0 aliphatic carbocycles. The van der Waals surface area contributed by atoms with E-state index in [1.54, 1.807) is 60.7 Å². The van der Waals surface area contributed by atoms with Gasteiger partial charge in [0.15, 0.2) is 22.9 Å². The molecule has 1 atom stereocenters. The van der Waals surface area contributed by atoms with Gasteiger partial charge in [-0.3, -0.25) is 14.5 Å². The first-order valence-electron chi connectivity index (χ1n) is 12.1. The van der Waals surface area contributed by atoms with Crippen LogP contribution in [-0.4, -0.2) is 30.0 Å². The minimum Gasteiger partial charge on any atom is -0.503 e. The van der Waals surface area contributed by atoms with Gasteiger partial charge in [0.2, 0.25) is 5.78 Å². The van der Waals surface area contributed by atoms with Crippen molar-refractivity contribution in [3.05, 3.63) is 100.0 Å². The third-order valence-corrected chi connectivity index (χ3v) is 6.48. The molecule has 4 aromatic rings. The number of aliphatic hydroxyl groups excluding tert-OH is 1. The maximum absolute atomic E-state index is 13.9. The van der Waals surface area contributed by atoms with Crippen LogP contribution in [0.5, 0.6) is 11.5 Å². The van der Waals surface area contributed by atoms with Gasteiger partial charge in [0.05, 0.1) is 36.5 Å². The van der Waals surface area contributed by atoms with Crippen molar-refractivity contribution in [1.29, 1.82) is 5.26 Å². The van der Waals surface area contributed by atoms with E-state index in [0.29, 0.717) is 44.3 Å². The zero-order valence-corrected chi connectivity index (χ0v) is 22.0. The second-order valence-electron chi connectivity index (χ2n) is 9.20. The van der Waals surface area contributed by atoms with Gasteiger partial charge in [-0.05, 0) is 67.9 Å². The molecule has 1 aliphatic rings. The van der Waals surface area contributed by atoms with Gasteiger partial charge in [0.1, 0.15) is 5.75 Å². The van der Waals surface area contributed by atoms with Gasteiger partial charge in [0.25, 0.3) is 5.91 Å². The van der Waals surface area contributed by atoms with Crippen molar-refractivity contribution in [2.75, 3.05) is 12.0 Å². The van der Waals surface area contributed by atoms with Crippen molar-refractivity contribution in [2.24, 2.45) is 0 Å². The Balaban J connectivity index is 1.66. The summed E-state index contributed by atoms with van der Waals surface area (Å²) in [5.41, 5.74) is 1.48. The Hall–Kier alpha value is -4.74. The molecular weight excluding hydrogens is 520 g/mol. The summed E-state index contributed by atoms with van der Waals surface area (Å²) in [6.07, 6.45) is -0.109. The molecule has 5 rings (SSSR count). The van der Waals surface area contributed by atoms with Gasteiger partial charge in [-0.25, -0.2) is 0 Å². The van der Waals surface area contributed by atoms with E-state index in [1.807, 2.05) is 19.9 Å². The molecule has 196 valence electrons. The number of benzene rings is 3. The molecule has 3 aromatic carbocycles. The SMILES string of the molecule is COc1cc(Cl)cc2cc(C(=O)C3=C(O)C(=O)N(c4ccc(C#N)cc4)C3c3cccc(OC(C)C)c3)oc12. The number of carbonyl (C=O) groups is 2. The lowest BCUT2D eigenvalue weighted by atomic mass is 9.94. The summed E-state index contributed by atoms with van der Waals surface area (Å²) >= 11 is 6.18. The molecule has 0 radical (unpaired) electrons. The maximum Gasteiger partial charge on any atom is 0.294 e. The molecule has 1 N–H and O–H groups in total. The Bertz CT molecular complexity index is 1680. The molecule has 39 heavy (non-hydrogen) atoms. The van der Waals surface area contributed by atoms with E-state index in [4.69, 9.17) is 25.5 Å². The Morgan fingerprint density at radius 2 is 1.87 bits per heavy atom. The largest absolute Gasteiger partial charge is 0.503 e. The predicted molar refractivity (Wildman–Crippen MR) is 145 cm³/mol. The van der Waals surface area contributed by atoms with Gasteiger partial charge in [0, 0.05) is 22.2 Å². The summed E-state index contributed by atoms with van der Waals surface area (Å²) in [5.74, 6) is -1.36. The van der Waals surface area contributed by atoms with Crippen LogP contribution in [-0.2, 0) is 4.79 Å². The average Bonchev–Trinajstić information content (AvgIpc) is 3.46. The van der Waals surface area contributed by atoms with Crippen molar-refractivity contribution >= 4 is 39.9 Å². The monoisotopic (exact) mass is 542 g/mol. The lowest BCUT2D eigenvalue weighted by Crippen LogP contribution is -2.31. The summed E-state index contributed by atoms with van der Waals surface area (Å²) in [7, 11) is 1.46. The molecule has 1 unspecified atom stereocenters. The van der Waals surface area contributed by atoms with Gasteiger partial charge in [-0.1, -0.05) is 23.7 Å². The Morgan fingerprint density at radius 1 is 1.13 bits per heavy atom. The maximum atomic E-state index is 13.9. The first-order valence-corrected chi connectivity index (χ1v) is 12.4.